The SMILES string of the molecule is C[C@@H]1CN(c2ccc(-c3ccc(CN(C)S(C)(=O)=O)cc3Cl)cc2)C(=O)c2c(N)ncnc2O1. The number of nitrogens with zero attached hydrogens (tertiary/aromatic N) is 4. The van der Waals surface area contributed by atoms with Crippen molar-refractivity contribution < 1.29 is 17.9 Å². The highest BCUT2D eigenvalue weighted by Crippen LogP contribution is 2.33. The molecule has 0 bridgehead atoms. The van der Waals surface area contributed by atoms with E-state index in [1.807, 2.05) is 43.3 Å². The van der Waals surface area contributed by atoms with Gasteiger partial charge >= 0.3 is 0 Å². The molecule has 0 saturated carbocycles. The molecular weight excluding hydrogens is 478 g/mol. The number of carbonyl (C=O) groups is 1. The molecule has 1 atom stereocenters. The van der Waals surface area contributed by atoms with Gasteiger partial charge in [-0.3, -0.25) is 4.79 Å². The first-order chi connectivity index (χ1) is 16.0. The maximum Gasteiger partial charge on any atom is 0.267 e. The van der Waals surface area contributed by atoms with E-state index in [4.69, 9.17) is 22.1 Å². The zero-order chi connectivity index (χ0) is 24.6. The number of hydrogen-bond acceptors (Lipinski definition) is 7. The van der Waals surface area contributed by atoms with E-state index in [1.54, 1.807) is 11.0 Å². The molecule has 9 nitrogen and oxygen atoms in total. The van der Waals surface area contributed by atoms with Crippen molar-refractivity contribution in [2.75, 3.05) is 30.5 Å². The standard InChI is InChI=1S/C23H24ClN5O4S/c1-14-11-29(23(30)20-21(25)26-13-27-22(20)33-14)17-7-5-16(6-8-17)18-9-4-15(10-19(18)24)12-28(2)34(3,31)32/h4-10,13-14H,11-12H2,1-3H3,(H2,25,26,27)/t14-/m1/s1. The lowest BCUT2D eigenvalue weighted by molar-refractivity contribution is 0.0988. The Kier molecular flexibility index (Phi) is 6.48. The van der Waals surface area contributed by atoms with E-state index in [1.165, 1.54) is 17.7 Å². The molecule has 178 valence electrons. The van der Waals surface area contributed by atoms with Crippen LogP contribution in [-0.4, -0.2) is 54.6 Å². The van der Waals surface area contributed by atoms with Gasteiger partial charge in [0.25, 0.3) is 5.91 Å². The van der Waals surface area contributed by atoms with Gasteiger partial charge in [-0.05, 0) is 36.2 Å². The van der Waals surface area contributed by atoms with Gasteiger partial charge in [0.1, 0.15) is 23.8 Å². The van der Waals surface area contributed by atoms with Crippen LogP contribution in [0.25, 0.3) is 11.1 Å². The number of ether oxygens (including phenoxy) is 1. The van der Waals surface area contributed by atoms with Crippen molar-refractivity contribution in [3.05, 3.63) is 64.9 Å². The van der Waals surface area contributed by atoms with Crippen molar-refractivity contribution in [2.24, 2.45) is 0 Å². The number of hydrogen-bond donors (Lipinski definition) is 1. The molecule has 3 aromatic rings. The number of rotatable bonds is 5. The van der Waals surface area contributed by atoms with E-state index in [-0.39, 0.29) is 35.8 Å². The number of amides is 1. The summed E-state index contributed by atoms with van der Waals surface area (Å²) in [6.07, 6.45) is 2.13. The number of carbonyl (C=O) groups excluding carboxylic acids is 1. The predicted molar refractivity (Wildman–Crippen MR) is 131 cm³/mol. The van der Waals surface area contributed by atoms with Crippen molar-refractivity contribution in [3.8, 4) is 17.0 Å². The molecule has 11 heteroatoms. The molecule has 2 heterocycles. The third-order valence-corrected chi connectivity index (χ3v) is 7.12. The third-order valence-electron chi connectivity index (χ3n) is 5.55. The van der Waals surface area contributed by atoms with E-state index in [9.17, 15) is 13.2 Å². The molecule has 4 rings (SSSR count). The fourth-order valence-electron chi connectivity index (χ4n) is 3.68. The van der Waals surface area contributed by atoms with Crippen LogP contribution in [0.2, 0.25) is 5.02 Å². The van der Waals surface area contributed by atoms with Crippen molar-refractivity contribution in [2.45, 2.75) is 19.6 Å². The number of nitrogens with two attached hydrogens (primary N) is 1. The Morgan fingerprint density at radius 2 is 1.91 bits per heavy atom. The van der Waals surface area contributed by atoms with Gasteiger partial charge in [-0.25, -0.2) is 22.7 Å². The first-order valence-corrected chi connectivity index (χ1v) is 12.7. The van der Waals surface area contributed by atoms with Gasteiger partial charge in [-0.2, -0.15) is 0 Å². The first-order valence-electron chi connectivity index (χ1n) is 10.4. The van der Waals surface area contributed by atoms with Crippen molar-refractivity contribution >= 4 is 39.0 Å². The Hall–Kier alpha value is -3.21. The number of sulfonamides is 1. The number of fused-ring (bicyclic) bond motifs is 1. The van der Waals surface area contributed by atoms with E-state index in [0.717, 1.165) is 22.9 Å². The van der Waals surface area contributed by atoms with Gasteiger partial charge < -0.3 is 15.4 Å². The molecule has 0 aliphatic carbocycles. The Morgan fingerprint density at radius 1 is 1.21 bits per heavy atom. The number of benzene rings is 2. The normalized spacial score (nSPS) is 16.2. The molecule has 1 aromatic heterocycles. The van der Waals surface area contributed by atoms with Crippen LogP contribution in [-0.2, 0) is 16.6 Å². The largest absolute Gasteiger partial charge is 0.472 e. The summed E-state index contributed by atoms with van der Waals surface area (Å²) in [5.74, 6) is -0.0841. The zero-order valence-corrected chi connectivity index (χ0v) is 20.5. The molecule has 1 aliphatic rings. The Balaban J connectivity index is 1.60. The second-order valence-electron chi connectivity index (χ2n) is 8.16. The lowest BCUT2D eigenvalue weighted by atomic mass is 10.0. The van der Waals surface area contributed by atoms with E-state index in [2.05, 4.69) is 9.97 Å². The van der Waals surface area contributed by atoms with E-state index < -0.39 is 10.0 Å². The van der Waals surface area contributed by atoms with E-state index in [0.29, 0.717) is 17.3 Å². The number of halogens is 1. The lowest BCUT2D eigenvalue weighted by Gasteiger charge is -2.22. The quantitative estimate of drug-likeness (QED) is 0.570. The Bertz CT molecular complexity index is 1350. The second kappa shape index (κ2) is 9.21. The summed E-state index contributed by atoms with van der Waals surface area (Å²) in [4.78, 5) is 22.8. The van der Waals surface area contributed by atoms with Crippen LogP contribution in [0, 0.1) is 0 Å². The number of nitrogen functional groups attached to an aromatic ring is 1. The van der Waals surface area contributed by atoms with Crippen LogP contribution in [0.5, 0.6) is 5.88 Å². The lowest BCUT2D eigenvalue weighted by Crippen LogP contribution is -2.36. The Labute approximate surface area is 203 Å². The summed E-state index contributed by atoms with van der Waals surface area (Å²) >= 11 is 6.51. The zero-order valence-electron chi connectivity index (χ0n) is 18.9. The molecule has 34 heavy (non-hydrogen) atoms. The van der Waals surface area contributed by atoms with Gasteiger partial charge in [0, 0.05) is 29.9 Å². The molecule has 1 aliphatic heterocycles. The summed E-state index contributed by atoms with van der Waals surface area (Å²) in [6, 6.07) is 12.8. The van der Waals surface area contributed by atoms with Crippen molar-refractivity contribution in [3.63, 3.8) is 0 Å². The molecule has 0 spiro atoms. The minimum absolute atomic E-state index is 0.0686. The second-order valence-corrected chi connectivity index (χ2v) is 10.7. The molecule has 0 radical (unpaired) electrons. The van der Waals surface area contributed by atoms with Crippen LogP contribution >= 0.6 is 11.6 Å². The van der Waals surface area contributed by atoms with Crippen LogP contribution in [0.4, 0.5) is 11.5 Å². The van der Waals surface area contributed by atoms with Crippen LogP contribution in [0.1, 0.15) is 22.8 Å². The van der Waals surface area contributed by atoms with Gasteiger partial charge in [-0.1, -0.05) is 35.9 Å². The minimum Gasteiger partial charge on any atom is -0.472 e. The summed E-state index contributed by atoms with van der Waals surface area (Å²) in [7, 11) is -1.77. The van der Waals surface area contributed by atoms with Crippen molar-refractivity contribution in [1.82, 2.24) is 14.3 Å². The fourth-order valence-corrected chi connectivity index (χ4v) is 4.38. The van der Waals surface area contributed by atoms with Gasteiger partial charge in [0.15, 0.2) is 0 Å². The first kappa shape index (κ1) is 23.9. The number of aromatic nitrogens is 2. The average Bonchev–Trinajstić information content (AvgIpc) is 2.89. The summed E-state index contributed by atoms with van der Waals surface area (Å²) in [6.45, 7) is 2.39. The summed E-state index contributed by atoms with van der Waals surface area (Å²) in [5, 5.41) is 0.499. The molecule has 0 fully saturated rings. The fraction of sp³-hybridized carbons (Fsp3) is 0.261. The topological polar surface area (TPSA) is 119 Å². The third kappa shape index (κ3) is 4.84. The average molecular weight is 502 g/mol. The van der Waals surface area contributed by atoms with Gasteiger partial charge in [-0.15, -0.1) is 0 Å². The van der Waals surface area contributed by atoms with Gasteiger partial charge in [0.2, 0.25) is 15.9 Å². The Morgan fingerprint density at radius 3 is 2.56 bits per heavy atom. The van der Waals surface area contributed by atoms with Gasteiger partial charge in [0.05, 0.1) is 12.8 Å². The minimum atomic E-state index is -3.29. The van der Waals surface area contributed by atoms with Crippen LogP contribution in [0.3, 0.4) is 0 Å². The predicted octanol–water partition coefficient (Wildman–Crippen LogP) is 3.20. The van der Waals surface area contributed by atoms with Crippen molar-refractivity contribution in [1.29, 1.82) is 0 Å². The van der Waals surface area contributed by atoms with E-state index >= 15 is 0 Å². The highest BCUT2D eigenvalue weighted by atomic mass is 35.5. The van der Waals surface area contributed by atoms with Crippen LogP contribution < -0.4 is 15.4 Å². The maximum absolute atomic E-state index is 13.2. The molecule has 1 amide bonds. The molecule has 0 unspecified atom stereocenters. The summed E-state index contributed by atoms with van der Waals surface area (Å²) in [5.41, 5.74) is 9.18. The molecule has 2 aromatic carbocycles. The smallest absolute Gasteiger partial charge is 0.267 e. The molecule has 0 saturated heterocycles. The highest BCUT2D eigenvalue weighted by Gasteiger charge is 2.31. The molecular formula is C23H24ClN5O4S. The number of anilines is 2. The van der Waals surface area contributed by atoms with Crippen LogP contribution in [0.15, 0.2) is 48.8 Å². The maximum atomic E-state index is 13.2. The monoisotopic (exact) mass is 501 g/mol. The summed E-state index contributed by atoms with van der Waals surface area (Å²) < 4.78 is 30.4. The molecule has 2 N–H and O–H groups in total. The highest BCUT2D eigenvalue weighted by molar-refractivity contribution is 7.88.